The Hall–Kier alpha value is -3.30. The Bertz CT molecular complexity index is 1290. The van der Waals surface area contributed by atoms with Gasteiger partial charge in [0.05, 0.1) is 4.90 Å². The number of carbonyl (C=O) groups excluding carboxylic acids is 1. The zero-order valence-electron chi connectivity index (χ0n) is 19.4. The Morgan fingerprint density at radius 1 is 0.886 bits per heavy atom. The topological polar surface area (TPSA) is 60.9 Å². The van der Waals surface area contributed by atoms with Crippen molar-refractivity contribution in [1.29, 1.82) is 0 Å². The second-order valence-corrected chi connectivity index (χ2v) is 10.3. The minimum Gasteiger partial charge on any atom is -0.369 e. The number of anilines is 1. The molecule has 0 spiro atoms. The molecule has 1 saturated heterocycles. The third kappa shape index (κ3) is 5.68. The van der Waals surface area contributed by atoms with Crippen molar-refractivity contribution in [3.63, 3.8) is 0 Å². The quantitative estimate of drug-likeness (QED) is 0.490. The van der Waals surface area contributed by atoms with Gasteiger partial charge in [0, 0.05) is 50.5 Å². The molecule has 0 aliphatic carbocycles. The number of sulfonamides is 1. The van der Waals surface area contributed by atoms with Crippen molar-refractivity contribution < 1.29 is 22.0 Å². The van der Waals surface area contributed by atoms with E-state index in [9.17, 15) is 22.0 Å². The average molecular weight is 500 g/mol. The van der Waals surface area contributed by atoms with Crippen LogP contribution in [-0.4, -0.2) is 56.3 Å². The van der Waals surface area contributed by atoms with E-state index in [0.717, 1.165) is 5.69 Å². The SMILES string of the molecule is CCN(Cc1cccc(F)c1)C(=O)c1cccc(S(=O)(=O)N2CCN(c3ccc(F)cc3)CC2)c1. The smallest absolute Gasteiger partial charge is 0.254 e. The largest absolute Gasteiger partial charge is 0.369 e. The normalized spacial score (nSPS) is 14.7. The molecule has 1 aliphatic rings. The second kappa shape index (κ2) is 10.5. The van der Waals surface area contributed by atoms with Gasteiger partial charge in [-0.1, -0.05) is 18.2 Å². The maximum atomic E-state index is 13.6. The van der Waals surface area contributed by atoms with Gasteiger partial charge in [-0.05, 0) is 67.1 Å². The summed E-state index contributed by atoms with van der Waals surface area (Å²) < 4.78 is 54.8. The van der Waals surface area contributed by atoms with E-state index >= 15 is 0 Å². The lowest BCUT2D eigenvalue weighted by Gasteiger charge is -2.35. The van der Waals surface area contributed by atoms with Crippen LogP contribution >= 0.6 is 0 Å². The van der Waals surface area contributed by atoms with Crippen molar-refractivity contribution in [3.05, 3.63) is 95.6 Å². The highest BCUT2D eigenvalue weighted by atomic mass is 32.2. The minimum absolute atomic E-state index is 0.0559. The number of halogens is 2. The van der Waals surface area contributed by atoms with Crippen molar-refractivity contribution in [1.82, 2.24) is 9.21 Å². The number of amides is 1. The zero-order valence-corrected chi connectivity index (χ0v) is 20.2. The zero-order chi connectivity index (χ0) is 25.0. The van der Waals surface area contributed by atoms with E-state index in [1.165, 1.54) is 40.7 Å². The average Bonchev–Trinajstić information content (AvgIpc) is 2.87. The van der Waals surface area contributed by atoms with Gasteiger partial charge in [0.2, 0.25) is 10.0 Å². The fourth-order valence-electron chi connectivity index (χ4n) is 4.14. The number of piperazine rings is 1. The molecule has 1 fully saturated rings. The number of carbonyl (C=O) groups is 1. The molecule has 0 N–H and O–H groups in total. The summed E-state index contributed by atoms with van der Waals surface area (Å²) in [4.78, 5) is 16.7. The standard InChI is InChI=1S/C26H27F2N3O3S/c1-2-29(19-20-5-3-7-23(28)17-20)26(32)21-6-4-8-25(18-21)35(33,34)31-15-13-30(14-16-31)24-11-9-22(27)10-12-24/h3-12,17-18H,2,13-16,19H2,1H3. The maximum absolute atomic E-state index is 13.6. The van der Waals surface area contributed by atoms with Crippen LogP contribution in [0.5, 0.6) is 0 Å². The third-order valence-electron chi connectivity index (χ3n) is 6.08. The molecular formula is C26H27F2N3O3S. The fraction of sp³-hybridized carbons (Fsp3) is 0.269. The Kier molecular flexibility index (Phi) is 7.47. The molecule has 0 aromatic heterocycles. The van der Waals surface area contributed by atoms with Crippen LogP contribution in [0.2, 0.25) is 0 Å². The molecule has 3 aromatic rings. The molecule has 0 atom stereocenters. The molecule has 1 aliphatic heterocycles. The van der Waals surface area contributed by atoms with Crippen LogP contribution in [0.15, 0.2) is 77.7 Å². The third-order valence-corrected chi connectivity index (χ3v) is 7.98. The summed E-state index contributed by atoms with van der Waals surface area (Å²) in [5.74, 6) is -1.02. The van der Waals surface area contributed by atoms with E-state index in [1.807, 2.05) is 11.8 Å². The van der Waals surface area contributed by atoms with Crippen molar-refractivity contribution >= 4 is 21.6 Å². The van der Waals surface area contributed by atoms with Gasteiger partial charge < -0.3 is 9.80 Å². The van der Waals surface area contributed by atoms with Crippen LogP contribution in [0.1, 0.15) is 22.8 Å². The molecule has 0 saturated carbocycles. The summed E-state index contributed by atoms with van der Waals surface area (Å²) in [6.45, 7) is 3.92. The van der Waals surface area contributed by atoms with Crippen LogP contribution in [0, 0.1) is 11.6 Å². The highest BCUT2D eigenvalue weighted by molar-refractivity contribution is 7.89. The number of hydrogen-bond acceptors (Lipinski definition) is 4. The first-order valence-corrected chi connectivity index (χ1v) is 12.9. The van der Waals surface area contributed by atoms with Gasteiger partial charge in [0.25, 0.3) is 5.91 Å². The summed E-state index contributed by atoms with van der Waals surface area (Å²) in [7, 11) is -3.80. The van der Waals surface area contributed by atoms with E-state index in [-0.39, 0.29) is 47.6 Å². The molecular weight excluding hydrogens is 472 g/mol. The van der Waals surface area contributed by atoms with Crippen LogP contribution < -0.4 is 4.90 Å². The van der Waals surface area contributed by atoms with Crippen molar-refractivity contribution in [3.8, 4) is 0 Å². The highest BCUT2D eigenvalue weighted by Crippen LogP contribution is 2.23. The minimum atomic E-state index is -3.80. The van der Waals surface area contributed by atoms with Crippen molar-refractivity contribution in [2.75, 3.05) is 37.6 Å². The maximum Gasteiger partial charge on any atom is 0.254 e. The highest BCUT2D eigenvalue weighted by Gasteiger charge is 2.29. The second-order valence-electron chi connectivity index (χ2n) is 8.34. The fourth-order valence-corrected chi connectivity index (χ4v) is 5.61. The van der Waals surface area contributed by atoms with Gasteiger partial charge in [-0.2, -0.15) is 4.31 Å². The van der Waals surface area contributed by atoms with Crippen LogP contribution in [0.25, 0.3) is 0 Å². The molecule has 184 valence electrons. The van der Waals surface area contributed by atoms with Crippen molar-refractivity contribution in [2.24, 2.45) is 0 Å². The van der Waals surface area contributed by atoms with Gasteiger partial charge in [0.1, 0.15) is 11.6 Å². The molecule has 0 bridgehead atoms. The van der Waals surface area contributed by atoms with Gasteiger partial charge in [-0.3, -0.25) is 4.79 Å². The predicted molar refractivity (Wildman–Crippen MR) is 131 cm³/mol. The summed E-state index contributed by atoms with van der Waals surface area (Å²) >= 11 is 0. The molecule has 1 heterocycles. The molecule has 35 heavy (non-hydrogen) atoms. The monoisotopic (exact) mass is 499 g/mol. The number of hydrogen-bond donors (Lipinski definition) is 0. The van der Waals surface area contributed by atoms with E-state index in [2.05, 4.69) is 0 Å². The first-order chi connectivity index (χ1) is 16.8. The molecule has 6 nitrogen and oxygen atoms in total. The van der Waals surface area contributed by atoms with E-state index in [4.69, 9.17) is 0 Å². The summed E-state index contributed by atoms with van der Waals surface area (Å²) in [6, 6.07) is 18.2. The van der Waals surface area contributed by atoms with Crippen LogP contribution in [0.4, 0.5) is 14.5 Å². The number of benzene rings is 3. The van der Waals surface area contributed by atoms with Crippen molar-refractivity contribution in [2.45, 2.75) is 18.4 Å². The first-order valence-electron chi connectivity index (χ1n) is 11.4. The molecule has 3 aromatic carbocycles. The molecule has 0 radical (unpaired) electrons. The Labute approximate surface area is 204 Å². The van der Waals surface area contributed by atoms with Gasteiger partial charge in [-0.15, -0.1) is 0 Å². The summed E-state index contributed by atoms with van der Waals surface area (Å²) in [5.41, 5.74) is 1.76. The van der Waals surface area contributed by atoms with Gasteiger partial charge in [-0.25, -0.2) is 17.2 Å². The number of rotatable bonds is 7. The lowest BCUT2D eigenvalue weighted by atomic mass is 10.1. The Morgan fingerprint density at radius 2 is 1.57 bits per heavy atom. The lowest BCUT2D eigenvalue weighted by Crippen LogP contribution is -2.48. The molecule has 9 heteroatoms. The van der Waals surface area contributed by atoms with Crippen LogP contribution in [-0.2, 0) is 16.6 Å². The molecule has 1 amide bonds. The summed E-state index contributed by atoms with van der Waals surface area (Å²) in [6.07, 6.45) is 0. The Balaban J connectivity index is 1.47. The molecule has 0 unspecified atom stereocenters. The molecule has 4 rings (SSSR count). The van der Waals surface area contributed by atoms with Gasteiger partial charge in [0.15, 0.2) is 0 Å². The van der Waals surface area contributed by atoms with Crippen LogP contribution in [0.3, 0.4) is 0 Å². The van der Waals surface area contributed by atoms with E-state index in [0.29, 0.717) is 25.2 Å². The predicted octanol–water partition coefficient (Wildman–Crippen LogP) is 4.14. The Morgan fingerprint density at radius 3 is 2.23 bits per heavy atom. The lowest BCUT2D eigenvalue weighted by molar-refractivity contribution is 0.0752. The summed E-state index contributed by atoms with van der Waals surface area (Å²) in [5, 5.41) is 0. The first kappa shape index (κ1) is 24.8. The van der Waals surface area contributed by atoms with Gasteiger partial charge >= 0.3 is 0 Å². The van der Waals surface area contributed by atoms with E-state index < -0.39 is 10.0 Å². The van der Waals surface area contributed by atoms with E-state index in [1.54, 1.807) is 41.3 Å². The number of nitrogens with zero attached hydrogens (tertiary/aromatic N) is 3.